The predicted molar refractivity (Wildman–Crippen MR) is 166 cm³/mol. The summed E-state index contributed by atoms with van der Waals surface area (Å²) < 4.78 is 0. The Labute approximate surface area is 243 Å². The molecule has 1 aromatic heterocycles. The molecule has 1 aliphatic heterocycles. The number of hydrogen-bond donors (Lipinski definition) is 1. The van der Waals surface area contributed by atoms with Crippen molar-refractivity contribution in [1.29, 1.82) is 0 Å². The number of amides is 2. The van der Waals surface area contributed by atoms with Gasteiger partial charge >= 0.3 is 0 Å². The first-order valence-electron chi connectivity index (χ1n) is 14.6. The van der Waals surface area contributed by atoms with Crippen molar-refractivity contribution >= 4 is 17.5 Å². The first kappa shape index (κ1) is 28.3. The van der Waals surface area contributed by atoms with Crippen molar-refractivity contribution < 1.29 is 9.59 Å². The lowest BCUT2D eigenvalue weighted by Gasteiger charge is -2.32. The second-order valence-corrected chi connectivity index (χ2v) is 11.6. The van der Waals surface area contributed by atoms with Crippen molar-refractivity contribution in [3.8, 4) is 11.1 Å². The summed E-state index contributed by atoms with van der Waals surface area (Å²) >= 11 is 0. The van der Waals surface area contributed by atoms with Gasteiger partial charge in [-0.15, -0.1) is 0 Å². The minimum Gasteiger partial charge on any atom is -0.339 e. The number of pyridine rings is 1. The molecule has 41 heavy (non-hydrogen) atoms. The van der Waals surface area contributed by atoms with Crippen LogP contribution >= 0.6 is 0 Å². The Kier molecular flexibility index (Phi) is 8.63. The van der Waals surface area contributed by atoms with E-state index in [0.29, 0.717) is 41.7 Å². The van der Waals surface area contributed by atoms with E-state index in [1.165, 1.54) is 22.3 Å². The molecule has 0 aliphatic carbocycles. The number of anilines is 1. The summed E-state index contributed by atoms with van der Waals surface area (Å²) in [6.07, 6.45) is 4.37. The van der Waals surface area contributed by atoms with Gasteiger partial charge in [-0.1, -0.05) is 68.4 Å². The van der Waals surface area contributed by atoms with Crippen LogP contribution in [-0.4, -0.2) is 34.8 Å². The molecule has 1 fully saturated rings. The van der Waals surface area contributed by atoms with Crippen LogP contribution in [0, 0.1) is 19.8 Å². The maximum Gasteiger partial charge on any atom is 0.257 e. The van der Waals surface area contributed by atoms with E-state index in [0.717, 1.165) is 30.5 Å². The molecule has 1 saturated heterocycles. The molecule has 4 aromatic rings. The van der Waals surface area contributed by atoms with Crippen LogP contribution in [-0.2, 0) is 6.42 Å². The fourth-order valence-corrected chi connectivity index (χ4v) is 5.61. The highest BCUT2D eigenvalue weighted by Crippen LogP contribution is 2.31. The van der Waals surface area contributed by atoms with Gasteiger partial charge in [0.05, 0.1) is 5.56 Å². The second-order valence-electron chi connectivity index (χ2n) is 11.6. The zero-order chi connectivity index (χ0) is 28.9. The lowest BCUT2D eigenvalue weighted by Crippen LogP contribution is -2.38. The van der Waals surface area contributed by atoms with E-state index in [9.17, 15) is 9.59 Å². The smallest absolute Gasteiger partial charge is 0.257 e. The van der Waals surface area contributed by atoms with Crippen LogP contribution in [0.3, 0.4) is 0 Å². The molecular weight excluding hydrogens is 506 g/mol. The van der Waals surface area contributed by atoms with Crippen LogP contribution in [0.5, 0.6) is 0 Å². The van der Waals surface area contributed by atoms with E-state index in [1.54, 1.807) is 12.3 Å². The molecule has 210 valence electrons. The molecule has 2 heterocycles. The summed E-state index contributed by atoms with van der Waals surface area (Å²) in [5.41, 5.74) is 8.75. The zero-order valence-electron chi connectivity index (χ0n) is 24.5. The highest BCUT2D eigenvalue weighted by atomic mass is 16.2. The number of piperidine rings is 1. The van der Waals surface area contributed by atoms with Gasteiger partial charge < -0.3 is 10.2 Å². The molecule has 0 atom stereocenters. The van der Waals surface area contributed by atoms with Crippen molar-refractivity contribution in [3.05, 3.63) is 119 Å². The Balaban J connectivity index is 1.20. The van der Waals surface area contributed by atoms with Gasteiger partial charge in [0.2, 0.25) is 0 Å². The number of aromatic nitrogens is 1. The Hall–Kier alpha value is -4.25. The molecule has 0 radical (unpaired) electrons. The topological polar surface area (TPSA) is 62.3 Å². The van der Waals surface area contributed by atoms with Crippen LogP contribution in [0.2, 0.25) is 0 Å². The molecular formula is C36H39N3O2. The summed E-state index contributed by atoms with van der Waals surface area (Å²) in [6, 6.07) is 26.6. The van der Waals surface area contributed by atoms with Gasteiger partial charge in [-0.25, -0.2) is 0 Å². The van der Waals surface area contributed by atoms with Gasteiger partial charge in [0.1, 0.15) is 0 Å². The highest BCUT2D eigenvalue weighted by molar-refractivity contribution is 6.05. The maximum absolute atomic E-state index is 13.4. The minimum atomic E-state index is -0.226. The first-order valence-corrected chi connectivity index (χ1v) is 14.6. The molecule has 0 spiro atoms. The monoisotopic (exact) mass is 545 g/mol. The fraction of sp³-hybridized carbons (Fsp3) is 0.306. The van der Waals surface area contributed by atoms with Gasteiger partial charge in [-0.3, -0.25) is 14.6 Å². The third kappa shape index (κ3) is 6.74. The SMILES string of the molecule is Cc1ccc(C(=O)N2CCC(c3ccc(-c4ccccc4C)cc3)CC2)cc1NC(=O)c1ccc(CC(C)C)nc1. The lowest BCUT2D eigenvalue weighted by atomic mass is 9.88. The molecule has 0 bridgehead atoms. The number of hydrogen-bond acceptors (Lipinski definition) is 3. The second kappa shape index (κ2) is 12.5. The number of likely N-dealkylation sites (tertiary alicyclic amines) is 1. The number of carbonyl (C=O) groups is 2. The average Bonchev–Trinajstić information content (AvgIpc) is 2.98. The summed E-state index contributed by atoms with van der Waals surface area (Å²) in [6.45, 7) is 9.80. The van der Waals surface area contributed by atoms with Gasteiger partial charge in [-0.2, -0.15) is 0 Å². The average molecular weight is 546 g/mol. The van der Waals surface area contributed by atoms with Crippen molar-refractivity contribution in [3.63, 3.8) is 0 Å². The molecule has 1 N–H and O–H groups in total. The van der Waals surface area contributed by atoms with E-state index >= 15 is 0 Å². The normalized spacial score (nSPS) is 13.8. The van der Waals surface area contributed by atoms with Crippen LogP contribution in [0.25, 0.3) is 11.1 Å². The summed E-state index contributed by atoms with van der Waals surface area (Å²) in [4.78, 5) is 32.7. The van der Waals surface area contributed by atoms with Crippen LogP contribution in [0.4, 0.5) is 5.69 Å². The molecule has 5 heteroatoms. The molecule has 0 saturated carbocycles. The minimum absolute atomic E-state index is 0.00792. The third-order valence-electron chi connectivity index (χ3n) is 8.06. The van der Waals surface area contributed by atoms with Gasteiger partial charge in [-0.05, 0) is 97.0 Å². The number of nitrogens with one attached hydrogen (secondary N) is 1. The standard InChI is InChI=1S/C36H39N3O2/c1-24(2)21-32-16-15-31(23-37-32)35(40)38-34-22-30(10-9-26(34)4)36(41)39-19-17-28(18-20-39)27-11-13-29(14-12-27)33-8-6-5-7-25(33)3/h5-16,22-24,28H,17-21H2,1-4H3,(H,38,40). The van der Waals surface area contributed by atoms with Crippen LogP contribution in [0.15, 0.2) is 85.1 Å². The van der Waals surface area contributed by atoms with Crippen molar-refractivity contribution in [1.82, 2.24) is 9.88 Å². The summed E-state index contributed by atoms with van der Waals surface area (Å²) in [7, 11) is 0. The lowest BCUT2D eigenvalue weighted by molar-refractivity contribution is 0.0712. The largest absolute Gasteiger partial charge is 0.339 e. The summed E-state index contributed by atoms with van der Waals surface area (Å²) in [5.74, 6) is 0.731. The zero-order valence-corrected chi connectivity index (χ0v) is 24.5. The predicted octanol–water partition coefficient (Wildman–Crippen LogP) is 7.84. The van der Waals surface area contributed by atoms with E-state index in [4.69, 9.17) is 0 Å². The molecule has 0 unspecified atom stereocenters. The van der Waals surface area contributed by atoms with Crippen LogP contribution < -0.4 is 5.32 Å². The van der Waals surface area contributed by atoms with Crippen molar-refractivity contribution in [2.75, 3.05) is 18.4 Å². The fourth-order valence-electron chi connectivity index (χ4n) is 5.61. The number of aryl methyl sites for hydroxylation is 2. The molecule has 3 aromatic carbocycles. The quantitative estimate of drug-likeness (QED) is 0.257. The molecule has 1 aliphatic rings. The molecule has 5 nitrogen and oxygen atoms in total. The Bertz CT molecular complexity index is 1520. The van der Waals surface area contributed by atoms with E-state index in [1.807, 2.05) is 36.1 Å². The number of benzene rings is 3. The Morgan fingerprint density at radius 1 is 0.878 bits per heavy atom. The molecule has 2 amide bonds. The highest BCUT2D eigenvalue weighted by Gasteiger charge is 2.25. The van der Waals surface area contributed by atoms with Gasteiger partial charge in [0, 0.05) is 36.2 Å². The Morgan fingerprint density at radius 2 is 1.59 bits per heavy atom. The van der Waals surface area contributed by atoms with E-state index in [2.05, 4.69) is 79.6 Å². The maximum atomic E-state index is 13.4. The van der Waals surface area contributed by atoms with Crippen LogP contribution in [0.1, 0.15) is 75.7 Å². The molecule has 5 rings (SSSR count). The van der Waals surface area contributed by atoms with Gasteiger partial charge in [0.15, 0.2) is 0 Å². The number of carbonyl (C=O) groups excluding carboxylic acids is 2. The summed E-state index contributed by atoms with van der Waals surface area (Å²) in [5, 5.41) is 2.98. The van der Waals surface area contributed by atoms with Gasteiger partial charge in [0.25, 0.3) is 11.8 Å². The first-order chi connectivity index (χ1) is 19.8. The van der Waals surface area contributed by atoms with E-state index < -0.39 is 0 Å². The van der Waals surface area contributed by atoms with Crippen molar-refractivity contribution in [2.24, 2.45) is 5.92 Å². The number of nitrogens with zero attached hydrogens (tertiary/aromatic N) is 2. The third-order valence-corrected chi connectivity index (χ3v) is 8.06. The number of rotatable bonds is 7. The van der Waals surface area contributed by atoms with Crippen molar-refractivity contribution in [2.45, 2.75) is 52.9 Å². The van der Waals surface area contributed by atoms with E-state index in [-0.39, 0.29) is 11.8 Å². The Morgan fingerprint density at radius 3 is 2.24 bits per heavy atom.